The fourth-order valence-corrected chi connectivity index (χ4v) is 3.47. The van der Waals surface area contributed by atoms with Gasteiger partial charge >= 0.3 is 5.97 Å². The molecule has 6 nitrogen and oxygen atoms in total. The third-order valence-corrected chi connectivity index (χ3v) is 4.70. The van der Waals surface area contributed by atoms with E-state index >= 15 is 0 Å². The molecule has 0 aliphatic carbocycles. The number of carbonyl (C=O) groups is 1. The van der Waals surface area contributed by atoms with Gasteiger partial charge in [0.1, 0.15) is 24.7 Å². The van der Waals surface area contributed by atoms with Gasteiger partial charge < -0.3 is 9.84 Å². The predicted molar refractivity (Wildman–Crippen MR) is 100 cm³/mol. The van der Waals surface area contributed by atoms with Crippen LogP contribution in [-0.4, -0.2) is 39.1 Å². The summed E-state index contributed by atoms with van der Waals surface area (Å²) in [6.45, 7) is 1.44. The Kier molecular flexibility index (Phi) is 4.80. The molecule has 3 aromatic rings. The topological polar surface area (TPSA) is 75.6 Å². The highest BCUT2D eigenvalue weighted by molar-refractivity contribution is 5.77. The van der Waals surface area contributed by atoms with Crippen molar-refractivity contribution in [3.63, 3.8) is 0 Å². The normalized spacial score (nSPS) is 16.8. The lowest BCUT2D eigenvalue weighted by atomic mass is 10.0. The molecular weight excluding hydrogens is 342 g/mol. The number of aromatic nitrogens is 2. The van der Waals surface area contributed by atoms with E-state index in [9.17, 15) is 9.90 Å². The van der Waals surface area contributed by atoms with Gasteiger partial charge in [-0.2, -0.15) is 0 Å². The second-order valence-electron chi connectivity index (χ2n) is 6.35. The van der Waals surface area contributed by atoms with E-state index in [-0.39, 0.29) is 0 Å². The highest BCUT2D eigenvalue weighted by atomic mass is 16.5. The first kappa shape index (κ1) is 17.2. The number of hydrogen-bond donors (Lipinski definition) is 1. The number of carboxylic acids is 1. The Labute approximate surface area is 157 Å². The highest BCUT2D eigenvalue weighted by Gasteiger charge is 2.32. The maximum atomic E-state index is 12.1. The van der Waals surface area contributed by atoms with Crippen LogP contribution in [0.4, 0.5) is 0 Å². The summed E-state index contributed by atoms with van der Waals surface area (Å²) < 4.78 is 5.79. The molecule has 1 aliphatic heterocycles. The van der Waals surface area contributed by atoms with Gasteiger partial charge in [-0.05, 0) is 17.7 Å². The lowest BCUT2D eigenvalue weighted by molar-refractivity contribution is -0.143. The quantitative estimate of drug-likeness (QED) is 0.769. The molecule has 136 valence electrons. The summed E-state index contributed by atoms with van der Waals surface area (Å²) in [6, 6.07) is 16.4. The fourth-order valence-electron chi connectivity index (χ4n) is 3.47. The highest BCUT2D eigenvalue weighted by Crippen LogP contribution is 2.34. The SMILES string of the molecule is O=C(O)C1c2ccccc2OCCN1Cc1ccccc1-c1ccncn1. The molecule has 2 aromatic carbocycles. The van der Waals surface area contributed by atoms with Gasteiger partial charge in [0.2, 0.25) is 0 Å². The van der Waals surface area contributed by atoms with Crippen LogP contribution in [0.15, 0.2) is 67.1 Å². The molecule has 0 fully saturated rings. The van der Waals surface area contributed by atoms with E-state index in [1.165, 1.54) is 6.33 Å². The van der Waals surface area contributed by atoms with Crippen LogP contribution in [0.2, 0.25) is 0 Å². The van der Waals surface area contributed by atoms with Crippen LogP contribution in [-0.2, 0) is 11.3 Å². The lowest BCUT2D eigenvalue weighted by Gasteiger charge is -2.27. The molecule has 27 heavy (non-hydrogen) atoms. The van der Waals surface area contributed by atoms with Gasteiger partial charge in [-0.3, -0.25) is 9.69 Å². The Hall–Kier alpha value is -3.25. The number of fused-ring (bicyclic) bond motifs is 1. The Morgan fingerprint density at radius 1 is 1.15 bits per heavy atom. The number of aliphatic carboxylic acids is 1. The van der Waals surface area contributed by atoms with Crippen LogP contribution in [0.5, 0.6) is 5.75 Å². The van der Waals surface area contributed by atoms with E-state index in [0.29, 0.717) is 31.0 Å². The van der Waals surface area contributed by atoms with Crippen LogP contribution >= 0.6 is 0 Å². The van der Waals surface area contributed by atoms with Crippen molar-refractivity contribution in [1.82, 2.24) is 14.9 Å². The molecule has 1 N–H and O–H groups in total. The molecule has 2 heterocycles. The minimum absolute atomic E-state index is 0.441. The average molecular weight is 361 g/mol. The fraction of sp³-hybridized carbons (Fsp3) is 0.190. The molecule has 0 bridgehead atoms. The van der Waals surface area contributed by atoms with E-state index in [2.05, 4.69) is 9.97 Å². The Morgan fingerprint density at radius 2 is 1.96 bits per heavy atom. The molecule has 0 saturated carbocycles. The van der Waals surface area contributed by atoms with E-state index in [1.807, 2.05) is 59.5 Å². The number of benzene rings is 2. The van der Waals surface area contributed by atoms with Crippen LogP contribution in [0, 0.1) is 0 Å². The molecule has 0 amide bonds. The zero-order valence-electron chi connectivity index (χ0n) is 14.7. The van der Waals surface area contributed by atoms with Crippen LogP contribution in [0.1, 0.15) is 17.2 Å². The maximum Gasteiger partial charge on any atom is 0.325 e. The van der Waals surface area contributed by atoms with Gasteiger partial charge in [-0.25, -0.2) is 9.97 Å². The van der Waals surface area contributed by atoms with Crippen molar-refractivity contribution >= 4 is 5.97 Å². The van der Waals surface area contributed by atoms with E-state index in [0.717, 1.165) is 16.8 Å². The molecule has 0 saturated heterocycles. The maximum absolute atomic E-state index is 12.1. The summed E-state index contributed by atoms with van der Waals surface area (Å²) in [4.78, 5) is 22.4. The monoisotopic (exact) mass is 361 g/mol. The lowest BCUT2D eigenvalue weighted by Crippen LogP contribution is -2.34. The number of hydrogen-bond acceptors (Lipinski definition) is 5. The smallest absolute Gasteiger partial charge is 0.325 e. The predicted octanol–water partition coefficient (Wildman–Crippen LogP) is 3.16. The van der Waals surface area contributed by atoms with Crippen molar-refractivity contribution in [2.24, 2.45) is 0 Å². The molecule has 1 atom stereocenters. The van der Waals surface area contributed by atoms with E-state index < -0.39 is 12.0 Å². The first-order chi connectivity index (χ1) is 13.2. The molecule has 1 aromatic heterocycles. The van der Waals surface area contributed by atoms with Crippen molar-refractivity contribution in [3.8, 4) is 17.0 Å². The zero-order chi connectivity index (χ0) is 18.6. The molecule has 6 heteroatoms. The van der Waals surface area contributed by atoms with Gasteiger partial charge in [0.25, 0.3) is 0 Å². The molecule has 1 unspecified atom stereocenters. The molecule has 4 rings (SSSR count). The number of carboxylic acid groups (broad SMARTS) is 1. The van der Waals surface area contributed by atoms with Crippen molar-refractivity contribution in [2.75, 3.05) is 13.2 Å². The Morgan fingerprint density at radius 3 is 2.78 bits per heavy atom. The van der Waals surface area contributed by atoms with Crippen molar-refractivity contribution in [2.45, 2.75) is 12.6 Å². The molecular formula is C21H19N3O3. The first-order valence-corrected chi connectivity index (χ1v) is 8.77. The summed E-state index contributed by atoms with van der Waals surface area (Å²) in [7, 11) is 0. The largest absolute Gasteiger partial charge is 0.492 e. The number of ether oxygens (including phenoxy) is 1. The minimum atomic E-state index is -0.882. The third kappa shape index (κ3) is 3.52. The average Bonchev–Trinajstić information content (AvgIpc) is 2.88. The van der Waals surface area contributed by atoms with Gasteiger partial charge in [0.15, 0.2) is 0 Å². The van der Waals surface area contributed by atoms with Gasteiger partial charge in [-0.15, -0.1) is 0 Å². The number of nitrogens with zero attached hydrogens (tertiary/aromatic N) is 3. The number of para-hydroxylation sites is 1. The van der Waals surface area contributed by atoms with Crippen LogP contribution < -0.4 is 4.74 Å². The number of rotatable bonds is 4. The van der Waals surface area contributed by atoms with Crippen molar-refractivity contribution in [3.05, 3.63) is 78.2 Å². The summed E-state index contributed by atoms with van der Waals surface area (Å²) in [5.41, 5.74) is 3.49. The minimum Gasteiger partial charge on any atom is -0.492 e. The summed E-state index contributed by atoms with van der Waals surface area (Å²) in [6.07, 6.45) is 3.22. The Bertz CT molecular complexity index is 946. The van der Waals surface area contributed by atoms with Gasteiger partial charge in [0.05, 0.1) is 5.69 Å². The van der Waals surface area contributed by atoms with Crippen LogP contribution in [0.3, 0.4) is 0 Å². The zero-order valence-corrected chi connectivity index (χ0v) is 14.7. The van der Waals surface area contributed by atoms with E-state index in [1.54, 1.807) is 6.20 Å². The first-order valence-electron chi connectivity index (χ1n) is 8.77. The van der Waals surface area contributed by atoms with Gasteiger partial charge in [0, 0.05) is 30.4 Å². The standard InChI is InChI=1S/C21H19N3O3/c25-21(26)20-17-7-3-4-8-19(17)27-12-11-24(20)13-15-5-1-2-6-16(15)18-9-10-22-14-23-18/h1-10,14,20H,11-13H2,(H,25,26). The Balaban J connectivity index is 1.71. The molecule has 1 aliphatic rings. The second kappa shape index (κ2) is 7.55. The molecule has 0 radical (unpaired) electrons. The second-order valence-corrected chi connectivity index (χ2v) is 6.35. The van der Waals surface area contributed by atoms with E-state index in [4.69, 9.17) is 4.74 Å². The molecule has 0 spiro atoms. The summed E-state index contributed by atoms with van der Waals surface area (Å²) in [5, 5.41) is 9.93. The van der Waals surface area contributed by atoms with Crippen LogP contribution in [0.25, 0.3) is 11.3 Å². The summed E-state index contributed by atoms with van der Waals surface area (Å²) in [5.74, 6) is -0.246. The van der Waals surface area contributed by atoms with Crippen molar-refractivity contribution < 1.29 is 14.6 Å². The van der Waals surface area contributed by atoms with Gasteiger partial charge in [-0.1, -0.05) is 42.5 Å². The third-order valence-electron chi connectivity index (χ3n) is 4.70. The summed E-state index contributed by atoms with van der Waals surface area (Å²) >= 11 is 0. The van der Waals surface area contributed by atoms with Crippen molar-refractivity contribution in [1.29, 1.82) is 0 Å².